The molecule has 1 aromatic carbocycles. The lowest BCUT2D eigenvalue weighted by molar-refractivity contribution is 0.135. The molecule has 2 fully saturated rings. The normalized spacial score (nSPS) is 19.8. The highest BCUT2D eigenvalue weighted by atomic mass is 16.5. The molecular weight excluding hydrogens is 448 g/mol. The number of likely N-dealkylation sites (tertiary alicyclic amines) is 1. The molecule has 3 aliphatic rings. The van der Waals surface area contributed by atoms with Crippen LogP contribution >= 0.6 is 0 Å². The van der Waals surface area contributed by atoms with Crippen LogP contribution in [0.1, 0.15) is 73.6 Å². The Bertz CT molecular complexity index is 1510. The molecule has 36 heavy (non-hydrogen) atoms. The maximum Gasteiger partial charge on any atom is 0.161 e. The molecule has 7 heteroatoms. The van der Waals surface area contributed by atoms with Gasteiger partial charge in [0.05, 0.1) is 30.4 Å². The van der Waals surface area contributed by atoms with Crippen molar-refractivity contribution in [1.82, 2.24) is 24.5 Å². The molecule has 0 bridgehead atoms. The van der Waals surface area contributed by atoms with Crippen LogP contribution in [0.5, 0.6) is 0 Å². The standard InChI is InChI=1S/C29H32N6O/c1-18(2)26-21-11-20(19-5-9-34(10-6-19)16-29(15-30)7-8-29)3-4-25(21)33-27(26)22-12-35-28(31-17-32-35)24-14-36-13-23(22)24/h3-4,11-12,17-19,33H,5-10,13-14,16H2,1-2H3. The van der Waals surface area contributed by atoms with E-state index in [1.807, 2.05) is 4.52 Å². The van der Waals surface area contributed by atoms with Gasteiger partial charge in [-0.25, -0.2) is 9.50 Å². The van der Waals surface area contributed by atoms with E-state index in [1.165, 1.54) is 38.9 Å². The van der Waals surface area contributed by atoms with Crippen LogP contribution in [0.3, 0.4) is 0 Å². The third-order valence-electron chi connectivity index (χ3n) is 8.66. The first-order valence-corrected chi connectivity index (χ1v) is 13.3. The Morgan fingerprint density at radius 2 is 2.00 bits per heavy atom. The minimum absolute atomic E-state index is 0.0418. The number of nitriles is 1. The fraction of sp³-hybridized carbons (Fsp3) is 0.483. The van der Waals surface area contributed by atoms with Gasteiger partial charge in [-0.2, -0.15) is 10.4 Å². The number of aromatic amines is 1. The Labute approximate surface area is 211 Å². The van der Waals surface area contributed by atoms with E-state index in [-0.39, 0.29) is 5.41 Å². The first-order valence-electron chi connectivity index (χ1n) is 13.3. The highest BCUT2D eigenvalue weighted by Crippen LogP contribution is 2.46. The number of nitrogens with one attached hydrogen (secondary N) is 1. The van der Waals surface area contributed by atoms with Crippen LogP contribution in [-0.2, 0) is 18.0 Å². The molecule has 0 unspecified atom stereocenters. The van der Waals surface area contributed by atoms with Crippen LogP contribution < -0.4 is 0 Å². The zero-order valence-corrected chi connectivity index (χ0v) is 21.0. The van der Waals surface area contributed by atoms with E-state index >= 15 is 0 Å². The zero-order valence-electron chi connectivity index (χ0n) is 21.0. The van der Waals surface area contributed by atoms with E-state index in [4.69, 9.17) is 4.74 Å². The Morgan fingerprint density at radius 3 is 2.75 bits per heavy atom. The Kier molecular flexibility index (Phi) is 4.99. The summed E-state index contributed by atoms with van der Waals surface area (Å²) in [6.45, 7) is 8.89. The van der Waals surface area contributed by atoms with Gasteiger partial charge in [-0.05, 0) is 79.4 Å². The van der Waals surface area contributed by atoms with Gasteiger partial charge in [-0.15, -0.1) is 0 Å². The van der Waals surface area contributed by atoms with Crippen molar-refractivity contribution in [2.24, 2.45) is 5.41 Å². The van der Waals surface area contributed by atoms with Crippen LogP contribution in [0.2, 0.25) is 0 Å². The number of hydrogen-bond donors (Lipinski definition) is 1. The minimum Gasteiger partial charge on any atom is -0.372 e. The Balaban J connectivity index is 1.24. The summed E-state index contributed by atoms with van der Waals surface area (Å²) in [7, 11) is 0. The van der Waals surface area contributed by atoms with Gasteiger partial charge in [-0.3, -0.25) is 0 Å². The lowest BCUT2D eigenvalue weighted by atomic mass is 9.87. The molecule has 7 rings (SSSR count). The minimum atomic E-state index is -0.0418. The van der Waals surface area contributed by atoms with E-state index in [9.17, 15) is 5.26 Å². The molecule has 4 aromatic rings. The summed E-state index contributed by atoms with van der Waals surface area (Å²) in [4.78, 5) is 10.7. The van der Waals surface area contributed by atoms with E-state index in [0.717, 1.165) is 56.5 Å². The summed E-state index contributed by atoms with van der Waals surface area (Å²) in [5.41, 5.74) is 9.56. The topological polar surface area (TPSA) is 82.2 Å². The third kappa shape index (κ3) is 3.47. The first kappa shape index (κ1) is 22.0. The van der Waals surface area contributed by atoms with E-state index in [0.29, 0.717) is 25.0 Å². The van der Waals surface area contributed by atoms with Crippen LogP contribution in [0, 0.1) is 16.7 Å². The molecule has 0 spiro atoms. The second kappa shape index (κ2) is 8.16. The van der Waals surface area contributed by atoms with Crippen LogP contribution in [-0.4, -0.2) is 44.1 Å². The van der Waals surface area contributed by atoms with Crippen molar-refractivity contribution >= 4 is 16.6 Å². The second-order valence-electron chi connectivity index (χ2n) is 11.3. The monoisotopic (exact) mass is 480 g/mol. The average molecular weight is 481 g/mol. The number of hydrogen-bond acceptors (Lipinski definition) is 5. The lowest BCUT2D eigenvalue weighted by Gasteiger charge is -2.33. The number of benzene rings is 1. The summed E-state index contributed by atoms with van der Waals surface area (Å²) < 4.78 is 7.75. The number of aromatic nitrogens is 4. The van der Waals surface area contributed by atoms with Gasteiger partial charge in [0.2, 0.25) is 0 Å². The van der Waals surface area contributed by atoms with Crippen molar-refractivity contribution in [3.63, 3.8) is 0 Å². The van der Waals surface area contributed by atoms with Crippen molar-refractivity contribution in [2.75, 3.05) is 19.6 Å². The van der Waals surface area contributed by atoms with Crippen molar-refractivity contribution in [3.05, 3.63) is 53.0 Å². The lowest BCUT2D eigenvalue weighted by Crippen LogP contribution is -2.36. The molecule has 0 radical (unpaired) electrons. The number of nitrogens with zero attached hydrogens (tertiary/aromatic N) is 5. The maximum atomic E-state index is 9.47. The molecule has 7 nitrogen and oxygen atoms in total. The summed E-state index contributed by atoms with van der Waals surface area (Å²) in [6.07, 6.45) is 8.20. The van der Waals surface area contributed by atoms with Gasteiger partial charge in [-0.1, -0.05) is 19.9 Å². The maximum absolute atomic E-state index is 9.47. The third-order valence-corrected chi connectivity index (χ3v) is 8.66. The van der Waals surface area contributed by atoms with Gasteiger partial charge in [0.15, 0.2) is 5.65 Å². The van der Waals surface area contributed by atoms with Crippen molar-refractivity contribution in [2.45, 2.75) is 64.6 Å². The number of fused-ring (bicyclic) bond motifs is 4. The number of pyridine rings is 1. The summed E-state index contributed by atoms with van der Waals surface area (Å²) in [6, 6.07) is 9.58. The average Bonchev–Trinajstić information content (AvgIpc) is 3.25. The van der Waals surface area contributed by atoms with Gasteiger partial charge >= 0.3 is 0 Å². The number of ether oxygens (including phenoxy) is 1. The fourth-order valence-corrected chi connectivity index (χ4v) is 6.45. The van der Waals surface area contributed by atoms with E-state index < -0.39 is 0 Å². The Morgan fingerprint density at radius 1 is 1.19 bits per heavy atom. The predicted molar refractivity (Wildman–Crippen MR) is 139 cm³/mol. The smallest absolute Gasteiger partial charge is 0.161 e. The SMILES string of the molecule is CC(C)c1c(-c2cn3ncnc3c3c2COC3)[nH]c2ccc(C3CCN(CC4(C#N)CC4)CC3)cc12. The van der Waals surface area contributed by atoms with Crippen molar-refractivity contribution < 1.29 is 4.74 Å². The summed E-state index contributed by atoms with van der Waals surface area (Å²) >= 11 is 0. The summed E-state index contributed by atoms with van der Waals surface area (Å²) in [5, 5.41) is 15.2. The molecule has 184 valence electrons. The van der Waals surface area contributed by atoms with Gasteiger partial charge in [0.1, 0.15) is 6.33 Å². The second-order valence-corrected chi connectivity index (χ2v) is 11.3. The van der Waals surface area contributed by atoms with E-state index in [1.54, 1.807) is 6.33 Å². The first-order chi connectivity index (χ1) is 17.5. The molecule has 1 aliphatic carbocycles. The van der Waals surface area contributed by atoms with Gasteiger partial charge < -0.3 is 14.6 Å². The fourth-order valence-electron chi connectivity index (χ4n) is 6.45. The van der Waals surface area contributed by atoms with Crippen LogP contribution in [0.15, 0.2) is 30.7 Å². The Hall–Kier alpha value is -3.21. The van der Waals surface area contributed by atoms with Gasteiger partial charge in [0, 0.05) is 34.8 Å². The van der Waals surface area contributed by atoms with Crippen LogP contribution in [0.25, 0.3) is 27.8 Å². The molecule has 5 heterocycles. The molecule has 2 aliphatic heterocycles. The number of rotatable bonds is 5. The van der Waals surface area contributed by atoms with Crippen molar-refractivity contribution in [3.8, 4) is 17.3 Å². The molecular formula is C29H32N6O. The largest absolute Gasteiger partial charge is 0.372 e. The molecule has 0 amide bonds. The number of piperidine rings is 1. The van der Waals surface area contributed by atoms with Crippen LogP contribution in [0.4, 0.5) is 0 Å². The predicted octanol–water partition coefficient (Wildman–Crippen LogP) is 5.51. The highest BCUT2D eigenvalue weighted by molar-refractivity contribution is 5.93. The molecule has 1 saturated heterocycles. The quantitative estimate of drug-likeness (QED) is 0.407. The zero-order chi connectivity index (χ0) is 24.4. The number of H-pyrrole nitrogens is 1. The van der Waals surface area contributed by atoms with Crippen molar-refractivity contribution in [1.29, 1.82) is 5.26 Å². The highest BCUT2D eigenvalue weighted by Gasteiger charge is 2.44. The molecule has 1 N–H and O–H groups in total. The summed E-state index contributed by atoms with van der Waals surface area (Å²) in [5.74, 6) is 0.946. The van der Waals surface area contributed by atoms with Gasteiger partial charge in [0.25, 0.3) is 0 Å². The molecule has 1 saturated carbocycles. The molecule has 3 aromatic heterocycles. The molecule has 0 atom stereocenters. The van der Waals surface area contributed by atoms with E-state index in [2.05, 4.69) is 64.3 Å².